The number of likely N-dealkylation sites (tertiary alicyclic amines) is 1. The SMILES string of the molecule is COc1n[nH]c2cc(NC(=O)N[C@H]3CN(C)C[C@@H]3c3ccccc3)ncc12. The fourth-order valence-electron chi connectivity index (χ4n) is 3.62. The Balaban J connectivity index is 1.45. The Morgan fingerprint density at radius 2 is 2.11 bits per heavy atom. The molecule has 0 radical (unpaired) electrons. The number of nitrogens with zero attached hydrogens (tertiary/aromatic N) is 3. The maximum Gasteiger partial charge on any atom is 0.320 e. The molecule has 2 aromatic heterocycles. The normalized spacial score (nSPS) is 19.9. The van der Waals surface area contributed by atoms with Crippen LogP contribution in [-0.2, 0) is 0 Å². The number of aromatic nitrogens is 3. The number of hydrogen-bond donors (Lipinski definition) is 3. The number of benzene rings is 1. The fraction of sp³-hybridized carbons (Fsp3) is 0.316. The summed E-state index contributed by atoms with van der Waals surface area (Å²) in [6, 6.07) is 11.8. The van der Waals surface area contributed by atoms with E-state index in [2.05, 4.69) is 49.9 Å². The molecule has 8 nitrogen and oxygen atoms in total. The van der Waals surface area contributed by atoms with Crippen LogP contribution in [-0.4, -0.2) is 59.4 Å². The molecule has 3 N–H and O–H groups in total. The number of pyridine rings is 1. The van der Waals surface area contributed by atoms with Crippen LogP contribution in [0.2, 0.25) is 0 Å². The number of likely N-dealkylation sites (N-methyl/N-ethyl adjacent to an activating group) is 1. The largest absolute Gasteiger partial charge is 0.479 e. The van der Waals surface area contributed by atoms with Crippen molar-refractivity contribution in [2.75, 3.05) is 32.6 Å². The summed E-state index contributed by atoms with van der Waals surface area (Å²) >= 11 is 0. The van der Waals surface area contributed by atoms with Crippen LogP contribution in [0.3, 0.4) is 0 Å². The lowest BCUT2D eigenvalue weighted by molar-refractivity contribution is 0.247. The third-order valence-corrected chi connectivity index (χ3v) is 4.89. The van der Waals surface area contributed by atoms with Crippen LogP contribution in [0, 0.1) is 0 Å². The molecule has 1 aromatic carbocycles. The second kappa shape index (κ2) is 7.24. The van der Waals surface area contributed by atoms with Gasteiger partial charge in [-0.1, -0.05) is 30.3 Å². The molecule has 0 bridgehead atoms. The van der Waals surface area contributed by atoms with E-state index in [0.717, 1.165) is 24.0 Å². The zero-order valence-electron chi connectivity index (χ0n) is 15.3. The van der Waals surface area contributed by atoms with E-state index in [0.29, 0.717) is 11.7 Å². The van der Waals surface area contributed by atoms with Crippen molar-refractivity contribution in [3.05, 3.63) is 48.2 Å². The molecule has 4 rings (SSSR count). The minimum Gasteiger partial charge on any atom is -0.479 e. The van der Waals surface area contributed by atoms with Gasteiger partial charge in [-0.05, 0) is 12.6 Å². The zero-order chi connectivity index (χ0) is 18.8. The lowest BCUT2D eigenvalue weighted by Gasteiger charge is -2.20. The van der Waals surface area contributed by atoms with Gasteiger partial charge in [-0.3, -0.25) is 10.4 Å². The van der Waals surface area contributed by atoms with E-state index < -0.39 is 0 Å². The predicted molar refractivity (Wildman–Crippen MR) is 103 cm³/mol. The molecule has 27 heavy (non-hydrogen) atoms. The molecular weight excluding hydrogens is 344 g/mol. The molecule has 2 atom stereocenters. The number of urea groups is 1. The second-order valence-corrected chi connectivity index (χ2v) is 6.79. The molecule has 2 amide bonds. The first-order valence-electron chi connectivity index (χ1n) is 8.83. The van der Waals surface area contributed by atoms with Crippen LogP contribution in [0.1, 0.15) is 11.5 Å². The Hall–Kier alpha value is -3.13. The lowest BCUT2D eigenvalue weighted by Crippen LogP contribution is -2.42. The van der Waals surface area contributed by atoms with Crippen molar-refractivity contribution in [3.63, 3.8) is 0 Å². The van der Waals surface area contributed by atoms with Gasteiger partial charge in [0.05, 0.1) is 24.1 Å². The molecular formula is C19H22N6O2. The Labute approximate surface area is 156 Å². The summed E-state index contributed by atoms with van der Waals surface area (Å²) in [5, 5.41) is 13.6. The molecule has 1 aliphatic rings. The number of anilines is 1. The summed E-state index contributed by atoms with van der Waals surface area (Å²) in [6.07, 6.45) is 1.63. The summed E-state index contributed by atoms with van der Waals surface area (Å²) in [4.78, 5) is 19.0. The maximum atomic E-state index is 12.5. The summed E-state index contributed by atoms with van der Waals surface area (Å²) in [5.41, 5.74) is 1.98. The van der Waals surface area contributed by atoms with Crippen molar-refractivity contribution in [3.8, 4) is 5.88 Å². The number of aromatic amines is 1. The minimum absolute atomic E-state index is 0.0355. The Morgan fingerprint density at radius 3 is 2.89 bits per heavy atom. The molecule has 3 heterocycles. The smallest absolute Gasteiger partial charge is 0.320 e. The number of fused-ring (bicyclic) bond motifs is 1. The van der Waals surface area contributed by atoms with E-state index in [1.807, 2.05) is 18.2 Å². The highest BCUT2D eigenvalue weighted by atomic mass is 16.5. The highest BCUT2D eigenvalue weighted by Crippen LogP contribution is 2.27. The first-order chi connectivity index (χ1) is 13.1. The Bertz CT molecular complexity index is 942. The predicted octanol–water partition coefficient (Wildman–Crippen LogP) is 2.19. The van der Waals surface area contributed by atoms with E-state index in [-0.39, 0.29) is 18.0 Å². The monoisotopic (exact) mass is 366 g/mol. The van der Waals surface area contributed by atoms with E-state index >= 15 is 0 Å². The molecule has 1 saturated heterocycles. The van der Waals surface area contributed by atoms with Gasteiger partial charge < -0.3 is 15.0 Å². The van der Waals surface area contributed by atoms with E-state index in [1.165, 1.54) is 5.56 Å². The maximum absolute atomic E-state index is 12.5. The number of nitrogens with one attached hydrogen (secondary N) is 3. The second-order valence-electron chi connectivity index (χ2n) is 6.79. The number of hydrogen-bond acceptors (Lipinski definition) is 5. The number of rotatable bonds is 4. The average molecular weight is 366 g/mol. The highest BCUT2D eigenvalue weighted by Gasteiger charge is 2.33. The number of carbonyl (C=O) groups excluding carboxylic acids is 1. The Kier molecular flexibility index (Phi) is 4.64. The van der Waals surface area contributed by atoms with Crippen molar-refractivity contribution in [1.82, 2.24) is 25.4 Å². The average Bonchev–Trinajstić information content (AvgIpc) is 3.24. The van der Waals surface area contributed by atoms with Gasteiger partial charge >= 0.3 is 6.03 Å². The summed E-state index contributed by atoms with van der Waals surface area (Å²) in [7, 11) is 3.62. The standard InChI is InChI=1S/C19H22N6O2/c1-25-10-14(12-6-4-3-5-7-12)16(11-25)21-19(26)22-17-8-15-13(9-20-17)18(27-2)24-23-15/h3-9,14,16H,10-11H2,1-2H3,(H,23,24)(H2,20,21,22,26)/t14-,16+/m1/s1. The molecule has 1 aliphatic heterocycles. The van der Waals surface area contributed by atoms with Gasteiger partial charge in [0.25, 0.3) is 0 Å². The molecule has 140 valence electrons. The zero-order valence-corrected chi connectivity index (χ0v) is 15.3. The van der Waals surface area contributed by atoms with Crippen molar-refractivity contribution in [1.29, 1.82) is 0 Å². The van der Waals surface area contributed by atoms with Crippen molar-refractivity contribution < 1.29 is 9.53 Å². The summed E-state index contributed by atoms with van der Waals surface area (Å²) < 4.78 is 5.15. The quantitative estimate of drug-likeness (QED) is 0.658. The van der Waals surface area contributed by atoms with Crippen LogP contribution in [0.4, 0.5) is 10.6 Å². The van der Waals surface area contributed by atoms with Crippen LogP contribution < -0.4 is 15.4 Å². The van der Waals surface area contributed by atoms with Gasteiger partial charge in [0.15, 0.2) is 0 Å². The first-order valence-corrected chi connectivity index (χ1v) is 8.83. The van der Waals surface area contributed by atoms with Gasteiger partial charge in [0.1, 0.15) is 5.82 Å². The molecule has 0 unspecified atom stereocenters. The molecule has 1 fully saturated rings. The summed E-state index contributed by atoms with van der Waals surface area (Å²) in [5.74, 6) is 1.19. The van der Waals surface area contributed by atoms with Crippen molar-refractivity contribution >= 4 is 22.8 Å². The molecule has 0 aliphatic carbocycles. The van der Waals surface area contributed by atoms with Crippen LogP contribution in [0.5, 0.6) is 5.88 Å². The molecule has 0 spiro atoms. The third-order valence-electron chi connectivity index (χ3n) is 4.89. The Morgan fingerprint density at radius 1 is 1.30 bits per heavy atom. The van der Waals surface area contributed by atoms with Gasteiger partial charge in [0, 0.05) is 31.3 Å². The van der Waals surface area contributed by atoms with Crippen LogP contribution in [0.25, 0.3) is 10.9 Å². The van der Waals surface area contributed by atoms with Gasteiger partial charge in [-0.15, -0.1) is 5.10 Å². The lowest BCUT2D eigenvalue weighted by atomic mass is 9.94. The molecule has 8 heteroatoms. The fourth-order valence-corrected chi connectivity index (χ4v) is 3.62. The van der Waals surface area contributed by atoms with Crippen LogP contribution >= 0.6 is 0 Å². The van der Waals surface area contributed by atoms with Crippen molar-refractivity contribution in [2.24, 2.45) is 0 Å². The summed E-state index contributed by atoms with van der Waals surface area (Å²) in [6.45, 7) is 1.71. The van der Waals surface area contributed by atoms with E-state index in [4.69, 9.17) is 4.74 Å². The van der Waals surface area contributed by atoms with Crippen molar-refractivity contribution in [2.45, 2.75) is 12.0 Å². The van der Waals surface area contributed by atoms with Gasteiger partial charge in [0.2, 0.25) is 5.88 Å². The molecule has 3 aromatic rings. The van der Waals surface area contributed by atoms with E-state index in [1.54, 1.807) is 19.4 Å². The molecule has 0 saturated carbocycles. The minimum atomic E-state index is -0.269. The number of ether oxygens (including phenoxy) is 1. The number of H-pyrrole nitrogens is 1. The third kappa shape index (κ3) is 3.56. The first kappa shape index (κ1) is 17.3. The number of methoxy groups -OCH3 is 1. The highest BCUT2D eigenvalue weighted by molar-refractivity contribution is 5.92. The van der Waals surface area contributed by atoms with E-state index in [9.17, 15) is 4.79 Å². The topological polar surface area (TPSA) is 95.2 Å². The number of carbonyl (C=O) groups is 1. The van der Waals surface area contributed by atoms with Gasteiger partial charge in [-0.25, -0.2) is 9.78 Å². The number of amides is 2. The van der Waals surface area contributed by atoms with Crippen LogP contribution in [0.15, 0.2) is 42.6 Å². The van der Waals surface area contributed by atoms with Gasteiger partial charge in [-0.2, -0.15) is 0 Å².